The molecule has 0 bridgehead atoms. The largest absolute Gasteiger partial charge is 0.383 e. The Morgan fingerprint density at radius 3 is 2.83 bits per heavy atom. The summed E-state index contributed by atoms with van der Waals surface area (Å²) in [6, 6.07) is 13.3. The van der Waals surface area contributed by atoms with Crippen LogP contribution in [0.1, 0.15) is 40.2 Å². The number of pyridine rings is 1. The molecule has 0 radical (unpaired) electrons. The summed E-state index contributed by atoms with van der Waals surface area (Å²) in [5, 5.41) is 4.10. The standard InChI is InChI=1S/C19H14N2O2/c1-13-5-4-6-14(20-13)9-10-15-11-19(23-21-15)12-18(22)16-7-2-3-8-17(16)19/h2-8H,11-12H2,1H3. The second kappa shape index (κ2) is 5.06. The van der Waals surface area contributed by atoms with Gasteiger partial charge in [0.15, 0.2) is 11.4 Å². The summed E-state index contributed by atoms with van der Waals surface area (Å²) in [5.74, 6) is 6.14. The molecular weight excluding hydrogens is 288 g/mol. The summed E-state index contributed by atoms with van der Waals surface area (Å²) < 4.78 is 0. The molecule has 4 nitrogen and oxygen atoms in total. The minimum absolute atomic E-state index is 0.102. The first-order chi connectivity index (χ1) is 11.2. The molecule has 0 amide bonds. The molecule has 23 heavy (non-hydrogen) atoms. The number of oxime groups is 1. The SMILES string of the molecule is Cc1cccc(C#CC2=NOC3(CC(=O)c4ccccc43)C2)n1. The molecule has 1 aromatic heterocycles. The first-order valence-corrected chi connectivity index (χ1v) is 7.50. The van der Waals surface area contributed by atoms with Gasteiger partial charge >= 0.3 is 0 Å². The van der Waals surface area contributed by atoms with Crippen LogP contribution in [-0.2, 0) is 10.4 Å². The molecule has 4 rings (SSSR count). The summed E-state index contributed by atoms with van der Waals surface area (Å²) >= 11 is 0. The van der Waals surface area contributed by atoms with Crippen LogP contribution in [0.25, 0.3) is 0 Å². The third kappa shape index (κ3) is 2.31. The van der Waals surface area contributed by atoms with Crippen molar-refractivity contribution in [2.45, 2.75) is 25.4 Å². The molecule has 112 valence electrons. The fourth-order valence-corrected chi connectivity index (χ4v) is 3.11. The number of aromatic nitrogens is 1. The molecule has 1 unspecified atom stereocenters. The molecule has 0 N–H and O–H groups in total. The number of ketones is 1. The van der Waals surface area contributed by atoms with Crippen molar-refractivity contribution in [2.75, 3.05) is 0 Å². The van der Waals surface area contributed by atoms with E-state index in [0.29, 0.717) is 24.2 Å². The second-order valence-electron chi connectivity index (χ2n) is 5.86. The molecule has 2 heterocycles. The van der Waals surface area contributed by atoms with Crippen LogP contribution in [0.2, 0.25) is 0 Å². The maximum atomic E-state index is 12.2. The number of rotatable bonds is 0. The van der Waals surface area contributed by atoms with Gasteiger partial charge in [-0.15, -0.1) is 0 Å². The van der Waals surface area contributed by atoms with E-state index in [1.807, 2.05) is 49.4 Å². The third-order valence-electron chi connectivity index (χ3n) is 4.17. The molecule has 0 saturated heterocycles. The number of hydrogen-bond acceptors (Lipinski definition) is 4. The average Bonchev–Trinajstić information content (AvgIpc) is 3.09. The number of benzene rings is 1. The van der Waals surface area contributed by atoms with Crippen molar-refractivity contribution in [2.24, 2.45) is 5.16 Å². The van der Waals surface area contributed by atoms with Gasteiger partial charge in [0.2, 0.25) is 0 Å². The van der Waals surface area contributed by atoms with E-state index >= 15 is 0 Å². The van der Waals surface area contributed by atoms with Crippen molar-refractivity contribution in [3.05, 3.63) is 65.0 Å². The van der Waals surface area contributed by atoms with Crippen LogP contribution in [-0.4, -0.2) is 16.5 Å². The first-order valence-electron chi connectivity index (χ1n) is 7.50. The molecule has 0 fully saturated rings. The van der Waals surface area contributed by atoms with Crippen molar-refractivity contribution in [3.8, 4) is 11.8 Å². The lowest BCUT2D eigenvalue weighted by Crippen LogP contribution is -2.23. The Labute approximate surface area is 134 Å². The van der Waals surface area contributed by atoms with Gasteiger partial charge < -0.3 is 4.84 Å². The third-order valence-corrected chi connectivity index (χ3v) is 4.17. The Bertz CT molecular complexity index is 905. The van der Waals surface area contributed by atoms with Gasteiger partial charge in [0.05, 0.1) is 6.42 Å². The molecule has 2 aromatic rings. The summed E-state index contributed by atoms with van der Waals surface area (Å²) in [7, 11) is 0. The fraction of sp³-hybridized carbons (Fsp3) is 0.211. The Hall–Kier alpha value is -2.93. The Kier molecular flexibility index (Phi) is 3.02. The zero-order chi connectivity index (χ0) is 15.9. The molecule has 0 saturated carbocycles. The number of hydrogen-bond donors (Lipinski definition) is 0. The molecule has 1 aromatic carbocycles. The first kappa shape index (κ1) is 13.7. The number of carbonyl (C=O) groups is 1. The van der Waals surface area contributed by atoms with E-state index in [-0.39, 0.29) is 5.78 Å². The minimum Gasteiger partial charge on any atom is -0.383 e. The summed E-state index contributed by atoms with van der Waals surface area (Å²) in [5.41, 5.74) is 3.26. The van der Waals surface area contributed by atoms with Gasteiger partial charge in [-0.3, -0.25) is 4.79 Å². The highest BCUT2D eigenvalue weighted by Gasteiger charge is 2.49. The van der Waals surface area contributed by atoms with Gasteiger partial charge in [0, 0.05) is 23.2 Å². The van der Waals surface area contributed by atoms with Gasteiger partial charge in [-0.2, -0.15) is 0 Å². The van der Waals surface area contributed by atoms with Gasteiger partial charge in [-0.25, -0.2) is 4.98 Å². The summed E-state index contributed by atoms with van der Waals surface area (Å²) in [4.78, 5) is 22.2. The van der Waals surface area contributed by atoms with Crippen LogP contribution in [0.4, 0.5) is 0 Å². The molecule has 1 aliphatic heterocycles. The number of Topliss-reactive ketones (excluding diaryl/α,β-unsaturated/α-hetero) is 1. The van der Waals surface area contributed by atoms with Crippen LogP contribution < -0.4 is 0 Å². The van der Waals surface area contributed by atoms with E-state index in [1.165, 1.54) is 0 Å². The van der Waals surface area contributed by atoms with E-state index in [0.717, 1.165) is 16.8 Å². The van der Waals surface area contributed by atoms with E-state index in [9.17, 15) is 4.79 Å². The lowest BCUT2D eigenvalue weighted by Gasteiger charge is -2.20. The summed E-state index contributed by atoms with van der Waals surface area (Å²) in [6.07, 6.45) is 0.846. The Balaban J connectivity index is 1.60. The van der Waals surface area contributed by atoms with E-state index in [4.69, 9.17) is 4.84 Å². The maximum absolute atomic E-state index is 12.2. The fourth-order valence-electron chi connectivity index (χ4n) is 3.11. The Morgan fingerprint density at radius 2 is 1.96 bits per heavy atom. The van der Waals surface area contributed by atoms with Crippen LogP contribution in [0.15, 0.2) is 47.6 Å². The van der Waals surface area contributed by atoms with Gasteiger partial charge in [0.1, 0.15) is 11.4 Å². The molecule has 1 spiro atoms. The van der Waals surface area contributed by atoms with Gasteiger partial charge in [-0.05, 0) is 30.9 Å². The van der Waals surface area contributed by atoms with Crippen LogP contribution in [0, 0.1) is 18.8 Å². The average molecular weight is 302 g/mol. The monoisotopic (exact) mass is 302 g/mol. The second-order valence-corrected chi connectivity index (χ2v) is 5.86. The number of fused-ring (bicyclic) bond motifs is 2. The predicted molar refractivity (Wildman–Crippen MR) is 86.1 cm³/mol. The highest BCUT2D eigenvalue weighted by Crippen LogP contribution is 2.45. The zero-order valence-corrected chi connectivity index (χ0v) is 12.7. The van der Waals surface area contributed by atoms with Crippen molar-refractivity contribution in [1.29, 1.82) is 0 Å². The van der Waals surface area contributed by atoms with Crippen LogP contribution in [0.5, 0.6) is 0 Å². The highest BCUT2D eigenvalue weighted by atomic mass is 16.7. The van der Waals surface area contributed by atoms with Gasteiger partial charge in [-0.1, -0.05) is 35.5 Å². The molecule has 4 heteroatoms. The molecule has 2 aliphatic rings. The molecular formula is C19H14N2O2. The van der Waals surface area contributed by atoms with Crippen molar-refractivity contribution in [3.63, 3.8) is 0 Å². The maximum Gasteiger partial charge on any atom is 0.176 e. The zero-order valence-electron chi connectivity index (χ0n) is 12.7. The highest BCUT2D eigenvalue weighted by molar-refractivity contribution is 6.06. The lowest BCUT2D eigenvalue weighted by molar-refractivity contribution is -0.0185. The van der Waals surface area contributed by atoms with Gasteiger partial charge in [0.25, 0.3) is 0 Å². The lowest BCUT2D eigenvalue weighted by atomic mass is 9.91. The summed E-state index contributed by atoms with van der Waals surface area (Å²) in [6.45, 7) is 1.93. The van der Waals surface area contributed by atoms with E-state index < -0.39 is 5.60 Å². The minimum atomic E-state index is -0.669. The van der Waals surface area contributed by atoms with Crippen LogP contribution >= 0.6 is 0 Å². The topological polar surface area (TPSA) is 51.5 Å². The smallest absolute Gasteiger partial charge is 0.176 e. The normalized spacial score (nSPS) is 21.4. The Morgan fingerprint density at radius 1 is 1.09 bits per heavy atom. The number of aryl methyl sites for hydroxylation is 1. The van der Waals surface area contributed by atoms with Crippen molar-refractivity contribution < 1.29 is 9.63 Å². The van der Waals surface area contributed by atoms with Crippen molar-refractivity contribution in [1.82, 2.24) is 4.98 Å². The number of carbonyl (C=O) groups excluding carboxylic acids is 1. The van der Waals surface area contributed by atoms with Crippen molar-refractivity contribution >= 4 is 11.5 Å². The predicted octanol–water partition coefficient (Wildman–Crippen LogP) is 3.00. The molecule has 1 aliphatic carbocycles. The van der Waals surface area contributed by atoms with E-state index in [1.54, 1.807) is 0 Å². The molecule has 1 atom stereocenters. The van der Waals surface area contributed by atoms with Crippen LogP contribution in [0.3, 0.4) is 0 Å². The number of nitrogens with zero attached hydrogens (tertiary/aromatic N) is 2. The van der Waals surface area contributed by atoms with E-state index in [2.05, 4.69) is 22.0 Å². The quantitative estimate of drug-likeness (QED) is 0.703.